The molecule has 1 aromatic heterocycles. The zero-order valence-corrected chi connectivity index (χ0v) is 18.4. The molecular weight excluding hydrogens is 410 g/mol. The van der Waals surface area contributed by atoms with Crippen LogP contribution in [-0.4, -0.2) is 46.2 Å². The molecule has 3 N–H and O–H groups in total. The minimum Gasteiger partial charge on any atom is -0.334 e. The quantitative estimate of drug-likeness (QED) is 0.398. The van der Waals surface area contributed by atoms with Crippen LogP contribution in [0.2, 0.25) is 0 Å². The molecule has 2 aromatic rings. The van der Waals surface area contributed by atoms with Crippen LogP contribution in [0.15, 0.2) is 35.5 Å². The molecule has 2 rings (SSSR count). The summed E-state index contributed by atoms with van der Waals surface area (Å²) in [4.78, 5) is 19.1. The summed E-state index contributed by atoms with van der Waals surface area (Å²) in [5.41, 5.74) is 5.44. The lowest BCUT2D eigenvalue weighted by molar-refractivity contribution is -0.383. The van der Waals surface area contributed by atoms with Crippen molar-refractivity contribution in [1.29, 1.82) is 0 Å². The van der Waals surface area contributed by atoms with Gasteiger partial charge in [-0.05, 0) is 45.0 Å². The van der Waals surface area contributed by atoms with E-state index in [1.807, 2.05) is 20.8 Å². The number of nitrogens with zero attached hydrogens (tertiary/aromatic N) is 4. The molecule has 11 nitrogen and oxygen atoms in total. The van der Waals surface area contributed by atoms with E-state index in [4.69, 9.17) is 0 Å². The van der Waals surface area contributed by atoms with Crippen LogP contribution in [0.1, 0.15) is 34.6 Å². The number of aromatic nitrogens is 2. The number of anilines is 3. The van der Waals surface area contributed by atoms with Crippen molar-refractivity contribution in [2.45, 2.75) is 45.1 Å². The van der Waals surface area contributed by atoms with Crippen LogP contribution in [-0.2, 0) is 10.0 Å². The monoisotopic (exact) mass is 437 g/mol. The minimum atomic E-state index is -3.59. The summed E-state index contributed by atoms with van der Waals surface area (Å²) in [5, 5.41) is 14.5. The van der Waals surface area contributed by atoms with Gasteiger partial charge in [-0.25, -0.2) is 23.8 Å². The standard InChI is InChI=1S/C18H27N7O4S/c1-6-24(7-2)30(28,29)14-10-8-13(9-11-14)21-16-15(25(26)27)17(20-12-19-16)22-23-18(3,4)5/h8-12,23H,6-7H2,1-5H3,(H2,19,20,21,22). The van der Waals surface area contributed by atoms with E-state index in [9.17, 15) is 18.5 Å². The molecule has 0 aliphatic carbocycles. The van der Waals surface area contributed by atoms with Gasteiger partial charge in [-0.1, -0.05) is 13.8 Å². The van der Waals surface area contributed by atoms with Crippen molar-refractivity contribution in [2.75, 3.05) is 23.8 Å². The Balaban J connectivity index is 2.31. The first-order valence-corrected chi connectivity index (χ1v) is 10.8. The first-order chi connectivity index (χ1) is 14.0. The number of nitrogens with one attached hydrogen (secondary N) is 3. The molecule has 0 radical (unpaired) electrons. The Labute approximate surface area is 176 Å². The molecule has 0 amide bonds. The lowest BCUT2D eigenvalue weighted by Gasteiger charge is -2.21. The maximum absolute atomic E-state index is 12.6. The SMILES string of the molecule is CCN(CC)S(=O)(=O)c1ccc(Nc2ncnc(NNC(C)(C)C)c2[N+](=O)[O-])cc1. The highest BCUT2D eigenvalue weighted by atomic mass is 32.2. The van der Waals surface area contributed by atoms with Crippen LogP contribution in [0.3, 0.4) is 0 Å². The zero-order chi connectivity index (χ0) is 22.5. The lowest BCUT2D eigenvalue weighted by atomic mass is 10.1. The number of hydrogen-bond donors (Lipinski definition) is 3. The average Bonchev–Trinajstić information content (AvgIpc) is 2.67. The molecule has 0 atom stereocenters. The van der Waals surface area contributed by atoms with Gasteiger partial charge in [0.05, 0.1) is 9.82 Å². The third-order valence-electron chi connectivity index (χ3n) is 4.02. The van der Waals surface area contributed by atoms with Crippen molar-refractivity contribution >= 4 is 33.0 Å². The number of rotatable bonds is 9. The van der Waals surface area contributed by atoms with E-state index >= 15 is 0 Å². The van der Waals surface area contributed by atoms with Crippen molar-refractivity contribution in [3.63, 3.8) is 0 Å². The van der Waals surface area contributed by atoms with Crippen LogP contribution in [0.4, 0.5) is 23.0 Å². The van der Waals surface area contributed by atoms with E-state index in [2.05, 4.69) is 26.1 Å². The van der Waals surface area contributed by atoms with Crippen molar-refractivity contribution in [1.82, 2.24) is 19.7 Å². The maximum atomic E-state index is 12.6. The molecule has 0 fully saturated rings. The van der Waals surface area contributed by atoms with Gasteiger partial charge < -0.3 is 5.32 Å². The van der Waals surface area contributed by atoms with Crippen molar-refractivity contribution in [2.24, 2.45) is 0 Å². The van der Waals surface area contributed by atoms with Crippen LogP contribution in [0.5, 0.6) is 0 Å². The molecule has 0 saturated heterocycles. The molecule has 0 aliphatic rings. The minimum absolute atomic E-state index is 0.00755. The Bertz CT molecular complexity index is 985. The number of benzene rings is 1. The Kier molecular flexibility index (Phi) is 7.29. The predicted molar refractivity (Wildman–Crippen MR) is 115 cm³/mol. The fourth-order valence-electron chi connectivity index (χ4n) is 2.54. The molecule has 30 heavy (non-hydrogen) atoms. The van der Waals surface area contributed by atoms with Crippen LogP contribution < -0.4 is 16.2 Å². The normalized spacial score (nSPS) is 12.1. The predicted octanol–water partition coefficient (Wildman–Crippen LogP) is 2.87. The molecule has 0 bridgehead atoms. The van der Waals surface area contributed by atoms with Crippen molar-refractivity contribution in [3.8, 4) is 0 Å². The van der Waals surface area contributed by atoms with Gasteiger partial charge in [-0.2, -0.15) is 4.31 Å². The van der Waals surface area contributed by atoms with Crippen molar-refractivity contribution in [3.05, 3.63) is 40.7 Å². The average molecular weight is 438 g/mol. The Morgan fingerprint density at radius 3 is 2.13 bits per heavy atom. The van der Waals surface area contributed by atoms with Gasteiger partial charge in [0.2, 0.25) is 21.7 Å². The molecule has 0 saturated carbocycles. The third-order valence-corrected chi connectivity index (χ3v) is 6.09. The van der Waals surface area contributed by atoms with Gasteiger partial charge in [0.25, 0.3) is 0 Å². The van der Waals surface area contributed by atoms with Crippen LogP contribution in [0.25, 0.3) is 0 Å². The third kappa shape index (κ3) is 5.62. The molecule has 12 heteroatoms. The van der Waals surface area contributed by atoms with Gasteiger partial charge in [0.15, 0.2) is 0 Å². The van der Waals surface area contributed by atoms with E-state index in [1.54, 1.807) is 13.8 Å². The highest BCUT2D eigenvalue weighted by Gasteiger charge is 2.25. The van der Waals surface area contributed by atoms with E-state index < -0.39 is 14.9 Å². The van der Waals surface area contributed by atoms with Crippen molar-refractivity contribution < 1.29 is 13.3 Å². The van der Waals surface area contributed by atoms with Crippen LogP contribution >= 0.6 is 0 Å². The van der Waals surface area contributed by atoms with E-state index in [0.29, 0.717) is 18.8 Å². The zero-order valence-electron chi connectivity index (χ0n) is 17.6. The highest BCUT2D eigenvalue weighted by Crippen LogP contribution is 2.31. The number of nitro groups is 1. The lowest BCUT2D eigenvalue weighted by Crippen LogP contribution is -2.40. The summed E-state index contributed by atoms with van der Waals surface area (Å²) >= 11 is 0. The summed E-state index contributed by atoms with van der Waals surface area (Å²) < 4.78 is 26.5. The first kappa shape index (κ1) is 23.4. The molecule has 0 spiro atoms. The summed E-state index contributed by atoms with van der Waals surface area (Å²) in [6, 6.07) is 5.96. The number of hydrogen-bond acceptors (Lipinski definition) is 9. The highest BCUT2D eigenvalue weighted by molar-refractivity contribution is 7.89. The van der Waals surface area contributed by atoms with E-state index in [1.165, 1.54) is 34.9 Å². The van der Waals surface area contributed by atoms with Gasteiger partial charge >= 0.3 is 5.69 Å². The number of sulfonamides is 1. The fourth-order valence-corrected chi connectivity index (χ4v) is 4.00. The second-order valence-corrected chi connectivity index (χ2v) is 9.35. The molecular formula is C18H27N7O4S. The van der Waals surface area contributed by atoms with Gasteiger partial charge in [0.1, 0.15) is 6.33 Å². The topological polar surface area (TPSA) is 142 Å². The number of hydrazine groups is 1. The second kappa shape index (κ2) is 9.32. The molecule has 1 aromatic carbocycles. The first-order valence-electron chi connectivity index (χ1n) is 9.39. The Morgan fingerprint density at radius 1 is 1.07 bits per heavy atom. The molecule has 0 aliphatic heterocycles. The van der Waals surface area contributed by atoms with E-state index in [-0.39, 0.29) is 27.8 Å². The van der Waals surface area contributed by atoms with Gasteiger partial charge in [-0.15, -0.1) is 0 Å². The second-order valence-electron chi connectivity index (χ2n) is 7.42. The van der Waals surface area contributed by atoms with E-state index in [0.717, 1.165) is 0 Å². The fraction of sp³-hybridized carbons (Fsp3) is 0.444. The summed E-state index contributed by atoms with van der Waals surface area (Å²) in [5.74, 6) is -0.0132. The smallest absolute Gasteiger partial charge is 0.334 e. The molecule has 1 heterocycles. The maximum Gasteiger partial charge on any atom is 0.354 e. The summed E-state index contributed by atoms with van der Waals surface area (Å²) in [6.07, 6.45) is 1.20. The summed E-state index contributed by atoms with van der Waals surface area (Å²) in [7, 11) is -3.59. The Hall–Kier alpha value is -2.83. The largest absolute Gasteiger partial charge is 0.354 e. The Morgan fingerprint density at radius 2 is 1.63 bits per heavy atom. The summed E-state index contributed by atoms with van der Waals surface area (Å²) in [6.45, 7) is 9.94. The van der Waals surface area contributed by atoms with Crippen LogP contribution in [0, 0.1) is 10.1 Å². The van der Waals surface area contributed by atoms with Gasteiger partial charge in [0, 0.05) is 24.3 Å². The molecule has 0 unspecified atom stereocenters. The van der Waals surface area contributed by atoms with Gasteiger partial charge in [-0.3, -0.25) is 15.5 Å². The molecule has 164 valence electrons.